The molecule has 1 unspecified atom stereocenters. The number of primary amides is 1. The van der Waals surface area contributed by atoms with Gasteiger partial charge >= 0.3 is 6.03 Å². The minimum Gasteiger partial charge on any atom is -0.490 e. The van der Waals surface area contributed by atoms with Gasteiger partial charge in [0.05, 0.1) is 11.7 Å². The number of likely N-dealkylation sites (tertiary alicyclic amines) is 1. The number of benzene rings is 2. The maximum absolute atomic E-state index is 10.7. The molecule has 2 N–H and O–H groups in total. The van der Waals surface area contributed by atoms with Crippen LogP contribution in [-0.2, 0) is 12.8 Å². The fourth-order valence-corrected chi connectivity index (χ4v) is 4.75. The number of nitrogens with two attached hydrogens (primary N) is 1. The molecular formula is C28H34N6O3. The molecule has 0 spiro atoms. The topological polar surface area (TPSA) is 122 Å². The number of rotatable bonds is 5. The predicted molar refractivity (Wildman–Crippen MR) is 141 cm³/mol. The lowest BCUT2D eigenvalue weighted by atomic mass is 10.0. The Bertz CT molecular complexity index is 1290. The van der Waals surface area contributed by atoms with Crippen LogP contribution in [0.5, 0.6) is 5.75 Å². The molecule has 5 rings (SSSR count). The lowest BCUT2D eigenvalue weighted by molar-refractivity contribution is 0.212. The molecule has 0 saturated carbocycles. The highest BCUT2D eigenvalue weighted by molar-refractivity contribution is 5.72. The van der Waals surface area contributed by atoms with Crippen molar-refractivity contribution in [1.82, 2.24) is 19.9 Å². The summed E-state index contributed by atoms with van der Waals surface area (Å²) in [4.78, 5) is 19.1. The van der Waals surface area contributed by atoms with Gasteiger partial charge in [-0.1, -0.05) is 23.4 Å². The first-order valence-corrected chi connectivity index (χ1v) is 12.6. The number of urea groups is 1. The molecule has 37 heavy (non-hydrogen) atoms. The zero-order chi connectivity index (χ0) is 26.5. The third-order valence-electron chi connectivity index (χ3n) is 6.73. The Labute approximate surface area is 217 Å². The third kappa shape index (κ3) is 6.09. The minimum absolute atomic E-state index is 0.00290. The summed E-state index contributed by atoms with van der Waals surface area (Å²) in [7, 11) is 4.05. The molecule has 2 heterocycles. The summed E-state index contributed by atoms with van der Waals surface area (Å²) in [6, 6.07) is 14.0. The molecule has 0 bridgehead atoms. The molecule has 1 aromatic heterocycles. The van der Waals surface area contributed by atoms with Crippen LogP contribution < -0.4 is 10.5 Å². The number of amides is 2. The van der Waals surface area contributed by atoms with Crippen LogP contribution in [0.1, 0.15) is 43.4 Å². The first kappa shape index (κ1) is 26.2. The first-order chi connectivity index (χ1) is 17.8. The maximum atomic E-state index is 10.7. The SMILES string of the molecule is CC(C)Oc1ccc(-c2nc(-c3cccc4c3CCC4)no2)cc1C#N.CN(C)C1CCN(C(N)=O)C1. The standard InChI is InChI=1S/C21H19N3O2.C7H15N3O/c1-13(2)25-19-10-9-15(11-16(19)12-22)21-23-20(24-26-21)18-8-4-6-14-5-3-7-17(14)18;1-9(2)6-3-4-10(5-6)7(8)11/h4,6,8-11,13H,3,5,7H2,1-2H3;6H,3-5H2,1-2H3,(H2,8,11). The summed E-state index contributed by atoms with van der Waals surface area (Å²) in [5.41, 5.74) is 10.0. The lowest BCUT2D eigenvalue weighted by Gasteiger charge is -2.18. The molecule has 9 heteroatoms. The molecule has 2 aromatic carbocycles. The fourth-order valence-electron chi connectivity index (χ4n) is 4.75. The number of fused-ring (bicyclic) bond motifs is 1. The van der Waals surface area contributed by atoms with Crippen LogP contribution in [-0.4, -0.2) is 65.3 Å². The molecular weight excluding hydrogens is 468 g/mol. The van der Waals surface area contributed by atoms with E-state index in [1.165, 1.54) is 17.5 Å². The Morgan fingerprint density at radius 3 is 2.73 bits per heavy atom. The van der Waals surface area contributed by atoms with Gasteiger partial charge in [-0.15, -0.1) is 0 Å². The minimum atomic E-state index is -0.297. The van der Waals surface area contributed by atoms with E-state index in [4.69, 9.17) is 15.0 Å². The van der Waals surface area contributed by atoms with Gasteiger partial charge in [0.2, 0.25) is 5.82 Å². The van der Waals surface area contributed by atoms with E-state index in [2.05, 4.69) is 27.2 Å². The Morgan fingerprint density at radius 1 is 1.27 bits per heavy atom. The summed E-state index contributed by atoms with van der Waals surface area (Å²) in [6.07, 6.45) is 4.37. The quantitative estimate of drug-likeness (QED) is 0.553. The van der Waals surface area contributed by atoms with Crippen LogP contribution in [0.3, 0.4) is 0 Å². The highest BCUT2D eigenvalue weighted by Gasteiger charge is 2.25. The van der Waals surface area contributed by atoms with E-state index in [0.29, 0.717) is 34.6 Å². The summed E-state index contributed by atoms with van der Waals surface area (Å²) in [5, 5.41) is 13.6. The number of carbonyl (C=O) groups is 1. The van der Waals surface area contributed by atoms with E-state index in [0.717, 1.165) is 37.9 Å². The summed E-state index contributed by atoms with van der Waals surface area (Å²) in [5.74, 6) is 1.56. The molecule has 1 saturated heterocycles. The highest BCUT2D eigenvalue weighted by atomic mass is 16.5. The number of likely N-dealkylation sites (N-methyl/N-ethyl adjacent to an activating group) is 1. The van der Waals surface area contributed by atoms with Gasteiger partial charge in [-0.3, -0.25) is 0 Å². The van der Waals surface area contributed by atoms with Gasteiger partial charge in [-0.25, -0.2) is 4.79 Å². The van der Waals surface area contributed by atoms with Crippen molar-refractivity contribution >= 4 is 6.03 Å². The van der Waals surface area contributed by atoms with Crippen molar-refractivity contribution in [3.8, 4) is 34.7 Å². The Hall–Kier alpha value is -3.90. The third-order valence-corrected chi connectivity index (χ3v) is 6.73. The second-order valence-electron chi connectivity index (χ2n) is 9.90. The Balaban J connectivity index is 0.000000245. The van der Waals surface area contributed by atoms with Gasteiger partial charge < -0.3 is 24.8 Å². The number of ether oxygens (including phenoxy) is 1. The van der Waals surface area contributed by atoms with Crippen LogP contribution in [0.4, 0.5) is 4.79 Å². The number of hydrogen-bond donors (Lipinski definition) is 1. The van der Waals surface area contributed by atoms with E-state index in [-0.39, 0.29) is 12.1 Å². The first-order valence-electron chi connectivity index (χ1n) is 12.6. The Morgan fingerprint density at radius 2 is 2.08 bits per heavy atom. The molecule has 2 amide bonds. The average Bonchev–Trinajstić information content (AvgIpc) is 3.64. The number of hydrogen-bond acceptors (Lipinski definition) is 7. The van der Waals surface area contributed by atoms with Gasteiger partial charge in [-0.05, 0) is 83.0 Å². The molecule has 1 aliphatic heterocycles. The maximum Gasteiger partial charge on any atom is 0.314 e. The summed E-state index contributed by atoms with van der Waals surface area (Å²) >= 11 is 0. The van der Waals surface area contributed by atoms with E-state index in [1.54, 1.807) is 17.0 Å². The number of carbonyl (C=O) groups excluding carboxylic acids is 1. The van der Waals surface area contributed by atoms with Crippen molar-refractivity contribution in [1.29, 1.82) is 5.26 Å². The zero-order valence-electron chi connectivity index (χ0n) is 21.9. The van der Waals surface area contributed by atoms with Crippen molar-refractivity contribution < 1.29 is 14.1 Å². The van der Waals surface area contributed by atoms with E-state index >= 15 is 0 Å². The molecule has 1 atom stereocenters. The van der Waals surface area contributed by atoms with Gasteiger partial charge in [0, 0.05) is 30.3 Å². The smallest absolute Gasteiger partial charge is 0.314 e. The number of nitrogens with zero attached hydrogens (tertiary/aromatic N) is 5. The number of nitriles is 1. The number of aryl methyl sites for hydroxylation is 1. The lowest BCUT2D eigenvalue weighted by Crippen LogP contribution is -2.37. The molecule has 2 aliphatic rings. The predicted octanol–water partition coefficient (Wildman–Crippen LogP) is 4.25. The number of aromatic nitrogens is 2. The molecule has 1 fully saturated rings. The normalized spacial score (nSPS) is 16.4. The van der Waals surface area contributed by atoms with Crippen molar-refractivity contribution in [2.75, 3.05) is 27.2 Å². The van der Waals surface area contributed by atoms with Crippen molar-refractivity contribution in [3.05, 3.63) is 53.1 Å². The van der Waals surface area contributed by atoms with E-state index < -0.39 is 0 Å². The zero-order valence-corrected chi connectivity index (χ0v) is 21.9. The van der Waals surface area contributed by atoms with Crippen molar-refractivity contribution in [2.24, 2.45) is 5.73 Å². The monoisotopic (exact) mass is 502 g/mol. The van der Waals surface area contributed by atoms with Gasteiger partial charge in [0.15, 0.2) is 0 Å². The molecule has 9 nitrogen and oxygen atoms in total. The van der Waals surface area contributed by atoms with E-state index in [1.807, 2.05) is 46.1 Å². The summed E-state index contributed by atoms with van der Waals surface area (Å²) < 4.78 is 11.1. The van der Waals surface area contributed by atoms with Gasteiger partial charge in [0.1, 0.15) is 11.8 Å². The average molecular weight is 503 g/mol. The fraction of sp³-hybridized carbons (Fsp3) is 0.429. The van der Waals surface area contributed by atoms with Crippen LogP contribution >= 0.6 is 0 Å². The van der Waals surface area contributed by atoms with Gasteiger partial charge in [-0.2, -0.15) is 10.2 Å². The second-order valence-corrected chi connectivity index (χ2v) is 9.90. The largest absolute Gasteiger partial charge is 0.490 e. The van der Waals surface area contributed by atoms with Gasteiger partial charge in [0.25, 0.3) is 5.89 Å². The Kier molecular flexibility index (Phi) is 8.09. The summed E-state index contributed by atoms with van der Waals surface area (Å²) in [6.45, 7) is 5.44. The van der Waals surface area contributed by atoms with Crippen LogP contribution in [0.2, 0.25) is 0 Å². The van der Waals surface area contributed by atoms with E-state index in [9.17, 15) is 10.1 Å². The second kappa shape index (κ2) is 11.4. The van der Waals surface area contributed by atoms with Crippen LogP contribution in [0.15, 0.2) is 40.9 Å². The molecule has 194 valence electrons. The van der Waals surface area contributed by atoms with Crippen molar-refractivity contribution in [2.45, 2.75) is 51.7 Å². The molecule has 3 aromatic rings. The highest BCUT2D eigenvalue weighted by Crippen LogP contribution is 2.33. The van der Waals surface area contributed by atoms with Crippen molar-refractivity contribution in [3.63, 3.8) is 0 Å². The molecule has 0 radical (unpaired) electrons. The van der Waals surface area contributed by atoms with Crippen LogP contribution in [0, 0.1) is 11.3 Å². The molecule has 1 aliphatic carbocycles. The van der Waals surface area contributed by atoms with Crippen LogP contribution in [0.25, 0.3) is 22.8 Å².